The van der Waals surface area contributed by atoms with Crippen molar-refractivity contribution in [3.05, 3.63) is 223 Å². The maximum atomic E-state index is 15.3. The number of aryl methyl sites for hydroxylation is 2. The number of hydrogen-bond acceptors (Lipinski definition) is 12. The summed E-state index contributed by atoms with van der Waals surface area (Å²) in [6, 6.07) is 32.1. The summed E-state index contributed by atoms with van der Waals surface area (Å²) in [5.41, 5.74) is 0.715. The third-order valence-corrected chi connectivity index (χ3v) is 15.4. The van der Waals surface area contributed by atoms with E-state index >= 15 is 8.78 Å². The van der Waals surface area contributed by atoms with Crippen LogP contribution in [0, 0.1) is 48.8 Å². The molecule has 0 radical (unpaired) electrons. The smallest absolute Gasteiger partial charge is 0.410 e. The van der Waals surface area contributed by atoms with Crippen molar-refractivity contribution >= 4 is 68.1 Å². The first kappa shape index (κ1) is 62.7. The number of anilines is 3. The van der Waals surface area contributed by atoms with Crippen LogP contribution >= 0.6 is 0 Å². The first-order chi connectivity index (χ1) is 42.8. The molecule has 3 amide bonds. The Hall–Kier alpha value is -10.4. The first-order valence-electron chi connectivity index (χ1n) is 28.0. The number of nitrogens with one attached hydrogen (secondary N) is 2. The van der Waals surface area contributed by atoms with E-state index in [1.165, 1.54) is 85.1 Å². The van der Waals surface area contributed by atoms with Crippen molar-refractivity contribution in [1.82, 2.24) is 34.0 Å². The van der Waals surface area contributed by atoms with Gasteiger partial charge in [-0.15, -0.1) is 0 Å². The van der Waals surface area contributed by atoms with Crippen LogP contribution in [0.1, 0.15) is 65.5 Å². The number of halogens is 6. The molecule has 460 valence electrons. The number of amides is 3. The number of para-hydroxylation sites is 2. The highest BCUT2D eigenvalue weighted by molar-refractivity contribution is 7.84. The van der Waals surface area contributed by atoms with Crippen LogP contribution in [0.2, 0.25) is 0 Å². The number of piperidine rings is 1. The van der Waals surface area contributed by atoms with E-state index in [4.69, 9.17) is 14.7 Å². The van der Waals surface area contributed by atoms with Crippen molar-refractivity contribution < 1.29 is 49.7 Å². The summed E-state index contributed by atoms with van der Waals surface area (Å²) < 4.78 is 106. The maximum Gasteiger partial charge on any atom is 0.410 e. The highest BCUT2D eigenvalue weighted by atomic mass is 32.2. The molecule has 90 heavy (non-hydrogen) atoms. The van der Waals surface area contributed by atoms with E-state index in [-0.39, 0.29) is 50.6 Å². The van der Waals surface area contributed by atoms with Gasteiger partial charge in [-0.1, -0.05) is 24.3 Å². The van der Waals surface area contributed by atoms with E-state index < -0.39 is 91.7 Å². The molecule has 5 heterocycles. The van der Waals surface area contributed by atoms with Gasteiger partial charge in [-0.05, 0) is 168 Å². The van der Waals surface area contributed by atoms with Gasteiger partial charge in [-0.25, -0.2) is 46.1 Å². The number of aromatic nitrogens is 6. The number of rotatable bonds is 11. The molecule has 2 N–H and O–H groups in total. The van der Waals surface area contributed by atoms with Crippen molar-refractivity contribution in [3.8, 4) is 33.9 Å². The summed E-state index contributed by atoms with van der Waals surface area (Å²) in [6.45, 7) is 9.85. The Labute approximate surface area is 513 Å². The van der Waals surface area contributed by atoms with Crippen LogP contribution in [0.5, 0.6) is 0 Å². The molecule has 6 aromatic carbocycles. The molecule has 4 aromatic heterocycles. The zero-order valence-electron chi connectivity index (χ0n) is 49.4. The van der Waals surface area contributed by atoms with E-state index in [0.717, 1.165) is 45.0 Å². The van der Waals surface area contributed by atoms with Crippen LogP contribution in [0.15, 0.2) is 160 Å². The van der Waals surface area contributed by atoms with E-state index in [1.807, 2.05) is 11.8 Å². The summed E-state index contributed by atoms with van der Waals surface area (Å²) in [5, 5.41) is 5.83. The van der Waals surface area contributed by atoms with Crippen LogP contribution < -0.4 is 26.7 Å². The summed E-state index contributed by atoms with van der Waals surface area (Å²) in [4.78, 5) is 87.2. The highest BCUT2D eigenvalue weighted by Crippen LogP contribution is 2.35. The predicted molar refractivity (Wildman–Crippen MR) is 331 cm³/mol. The fourth-order valence-electron chi connectivity index (χ4n) is 10.2. The second-order valence-corrected chi connectivity index (χ2v) is 23.4. The number of carbonyl (C=O) groups excluding carboxylic acids is 3. The van der Waals surface area contributed by atoms with E-state index in [1.54, 1.807) is 76.0 Å². The molecule has 17 nitrogen and oxygen atoms in total. The number of nitrogens with zero attached hydrogens (tertiary/aromatic N) is 8. The van der Waals surface area contributed by atoms with Gasteiger partial charge >= 0.3 is 6.09 Å². The summed E-state index contributed by atoms with van der Waals surface area (Å²) in [5.74, 6) is -5.49. The molecule has 1 atom stereocenters. The van der Waals surface area contributed by atoms with Gasteiger partial charge < -0.3 is 25.2 Å². The number of carbonyl (C=O) groups is 3. The standard InChI is InChI=1S/C38H37F3N6O4.C28H19F3N4O3S/c1-22-9-10-23(35(49)42-25-13-11-24(39)12-14-25)21-28(22)32-27-15-16-31(48)47(33-29(40)7-6-8-30(33)41)34(27)44-36(43-32)46-19-17-26(18-20-46)45(5)37(50)51-38(2,3)4;1-15-6-7-16(27(37)32-18-10-8-17(29)9-11-18)14-20(15)24-19-12-13-23(36)35(25-21(30)4-3-5-22(25)31)26(19)34-28(33-24)39(2)38/h6-16,21,26H,17-20H2,1-5H3,(H,42,49);3-14H,1-2H3,(H,32,37). The second kappa shape index (κ2) is 25.8. The van der Waals surface area contributed by atoms with Crippen molar-refractivity contribution in [2.75, 3.05) is 41.9 Å². The Kier molecular flexibility index (Phi) is 17.9. The van der Waals surface area contributed by atoms with Crippen LogP contribution in [-0.2, 0) is 15.5 Å². The van der Waals surface area contributed by atoms with E-state index in [2.05, 4.69) is 20.6 Å². The third kappa shape index (κ3) is 13.4. The normalized spacial score (nSPS) is 12.9. The molecule has 10 aromatic rings. The van der Waals surface area contributed by atoms with Gasteiger partial charge in [0.2, 0.25) is 11.1 Å². The lowest BCUT2D eigenvalue weighted by atomic mass is 9.99. The molecule has 0 bridgehead atoms. The minimum atomic E-state index is -1.74. The Morgan fingerprint density at radius 1 is 0.578 bits per heavy atom. The fourth-order valence-corrected chi connectivity index (χ4v) is 10.6. The summed E-state index contributed by atoms with van der Waals surface area (Å²) >= 11 is 0. The van der Waals surface area contributed by atoms with Gasteiger partial charge in [0.05, 0.1) is 22.2 Å². The molecule has 1 fully saturated rings. The van der Waals surface area contributed by atoms with Crippen molar-refractivity contribution in [1.29, 1.82) is 0 Å². The molecule has 0 aliphatic carbocycles. The lowest BCUT2D eigenvalue weighted by Crippen LogP contribution is -2.47. The molecule has 11 rings (SSSR count). The number of ether oxygens (including phenoxy) is 1. The SMILES string of the molecule is Cc1ccc(C(=O)Nc2ccc(F)cc2)cc1-c1nc(N2CCC(N(C)C(=O)OC(C)(C)C)CC2)nc2c1ccc(=O)n2-c1c(F)cccc1F.Cc1ccc(C(=O)Nc2ccc(F)cc2)cc1-c1nc(S(C)=O)nc2c1ccc(=O)n2-c1c(F)cccc1F. The quantitative estimate of drug-likeness (QED) is 0.0917. The lowest BCUT2D eigenvalue weighted by molar-refractivity contribution is 0.0200. The van der Waals surface area contributed by atoms with Gasteiger partial charge in [0, 0.05) is 89.0 Å². The van der Waals surface area contributed by atoms with E-state index in [0.29, 0.717) is 65.1 Å². The Morgan fingerprint density at radius 3 is 1.42 bits per heavy atom. The Morgan fingerprint density at radius 2 is 1.00 bits per heavy atom. The topological polar surface area (TPSA) is 204 Å². The molecule has 1 saturated heterocycles. The molecule has 1 unspecified atom stereocenters. The lowest BCUT2D eigenvalue weighted by Gasteiger charge is -2.37. The van der Waals surface area contributed by atoms with Gasteiger partial charge in [-0.3, -0.25) is 32.5 Å². The largest absolute Gasteiger partial charge is 0.444 e. The molecule has 1 aliphatic heterocycles. The minimum Gasteiger partial charge on any atom is -0.444 e. The third-order valence-electron chi connectivity index (χ3n) is 14.7. The van der Waals surface area contributed by atoms with Crippen molar-refractivity contribution in [3.63, 3.8) is 0 Å². The Bertz CT molecular complexity index is 4590. The van der Waals surface area contributed by atoms with Gasteiger partial charge in [0.15, 0.2) is 11.3 Å². The first-order valence-corrected chi connectivity index (χ1v) is 29.6. The van der Waals surface area contributed by atoms with Gasteiger partial charge in [0.25, 0.3) is 22.9 Å². The highest BCUT2D eigenvalue weighted by Gasteiger charge is 2.31. The molecule has 1 aliphatic rings. The number of hydrogen-bond donors (Lipinski definition) is 2. The molecule has 24 heteroatoms. The molecule has 0 spiro atoms. The summed E-state index contributed by atoms with van der Waals surface area (Å²) in [6.07, 6.45) is 2.00. The van der Waals surface area contributed by atoms with E-state index in [9.17, 15) is 45.7 Å². The predicted octanol–water partition coefficient (Wildman–Crippen LogP) is 12.4. The van der Waals surface area contributed by atoms with Gasteiger partial charge in [0.1, 0.15) is 51.9 Å². The van der Waals surface area contributed by atoms with Crippen molar-refractivity contribution in [2.24, 2.45) is 0 Å². The van der Waals surface area contributed by atoms with Gasteiger partial charge in [-0.2, -0.15) is 4.98 Å². The number of pyridine rings is 2. The number of benzene rings is 6. The minimum absolute atomic E-state index is 0.0277. The average molecular weight is 1250 g/mol. The fraction of sp³-hybridized carbons (Fsp3) is 0.197. The van der Waals surface area contributed by atoms with Crippen LogP contribution in [-0.4, -0.2) is 94.1 Å². The molecular weight excluding hydrogens is 1190 g/mol. The van der Waals surface area contributed by atoms with Crippen LogP contribution in [0.4, 0.5) is 48.5 Å². The second-order valence-electron chi connectivity index (χ2n) is 22.1. The zero-order chi connectivity index (χ0) is 64.5. The summed E-state index contributed by atoms with van der Waals surface area (Å²) in [7, 11) is -0.0382. The number of fused-ring (bicyclic) bond motifs is 2. The maximum absolute atomic E-state index is 15.3. The van der Waals surface area contributed by atoms with Crippen LogP contribution in [0.3, 0.4) is 0 Å². The molecular formula is C66H56F6N10O7S. The monoisotopic (exact) mass is 1250 g/mol. The molecule has 0 saturated carbocycles. The zero-order valence-corrected chi connectivity index (χ0v) is 50.2. The Balaban J connectivity index is 0.000000205. The average Bonchev–Trinajstić information content (AvgIpc) is 0.767. The van der Waals surface area contributed by atoms with Crippen molar-refractivity contribution in [2.45, 2.75) is 64.3 Å². The van der Waals surface area contributed by atoms with Crippen LogP contribution in [0.25, 0.3) is 56.0 Å².